The third-order valence-corrected chi connectivity index (χ3v) is 5.69. The first-order valence-electron chi connectivity index (χ1n) is 8.91. The van der Waals surface area contributed by atoms with Gasteiger partial charge in [-0.15, -0.1) is 11.3 Å². The van der Waals surface area contributed by atoms with Crippen LogP contribution in [0.2, 0.25) is 0 Å². The maximum absolute atomic E-state index is 12.5. The molecule has 1 saturated heterocycles. The lowest BCUT2D eigenvalue weighted by Crippen LogP contribution is -2.43. The van der Waals surface area contributed by atoms with Crippen molar-refractivity contribution < 1.29 is 14.1 Å². The van der Waals surface area contributed by atoms with E-state index in [1.54, 1.807) is 24.3 Å². The Morgan fingerprint density at radius 3 is 2.96 bits per heavy atom. The third-order valence-electron chi connectivity index (χ3n) is 4.69. The molecule has 0 radical (unpaired) electrons. The van der Waals surface area contributed by atoms with Crippen molar-refractivity contribution in [3.05, 3.63) is 33.6 Å². The number of amides is 2. The number of carbonyl (C=O) groups is 2. The van der Waals surface area contributed by atoms with Crippen LogP contribution in [0.25, 0.3) is 0 Å². The fourth-order valence-corrected chi connectivity index (χ4v) is 3.99. The van der Waals surface area contributed by atoms with Gasteiger partial charge in [-0.2, -0.15) is 0 Å². The van der Waals surface area contributed by atoms with Crippen LogP contribution in [0.3, 0.4) is 0 Å². The average Bonchev–Trinajstić information content (AvgIpc) is 3.26. The van der Waals surface area contributed by atoms with Gasteiger partial charge in [-0.3, -0.25) is 9.59 Å². The Bertz CT molecular complexity index is 770. The van der Waals surface area contributed by atoms with Gasteiger partial charge < -0.3 is 14.7 Å². The maximum atomic E-state index is 12.5. The Hall–Kier alpha value is -2.22. The number of nitrogens with one attached hydrogen (secondary N) is 1. The van der Waals surface area contributed by atoms with Crippen LogP contribution in [0, 0.1) is 19.8 Å². The van der Waals surface area contributed by atoms with Crippen LogP contribution < -0.4 is 5.32 Å². The van der Waals surface area contributed by atoms with Crippen LogP contribution >= 0.6 is 11.3 Å². The number of thiazole rings is 1. The van der Waals surface area contributed by atoms with Crippen molar-refractivity contribution >= 4 is 23.2 Å². The van der Waals surface area contributed by atoms with Gasteiger partial charge in [0.05, 0.1) is 11.2 Å². The number of hydrogen-bond acceptors (Lipinski definition) is 6. The summed E-state index contributed by atoms with van der Waals surface area (Å²) in [6.07, 6.45) is 3.24. The highest BCUT2D eigenvalue weighted by Gasteiger charge is 2.24. The zero-order valence-electron chi connectivity index (χ0n) is 15.2. The molecule has 2 aromatic rings. The second-order valence-corrected chi connectivity index (χ2v) is 7.68. The Balaban J connectivity index is 1.45. The number of hydrogen-bond donors (Lipinski definition) is 1. The molecule has 7 nitrogen and oxygen atoms in total. The molecular weight excluding hydrogens is 352 g/mol. The number of piperidine rings is 1. The van der Waals surface area contributed by atoms with E-state index in [9.17, 15) is 9.59 Å². The van der Waals surface area contributed by atoms with Crippen molar-refractivity contribution in [2.24, 2.45) is 5.92 Å². The second-order valence-electron chi connectivity index (χ2n) is 6.74. The molecule has 8 heteroatoms. The minimum atomic E-state index is -0.231. The summed E-state index contributed by atoms with van der Waals surface area (Å²) in [5.74, 6) is 0.836. The van der Waals surface area contributed by atoms with E-state index in [1.165, 1.54) is 4.88 Å². The van der Waals surface area contributed by atoms with Crippen LogP contribution in [0.5, 0.6) is 0 Å². The lowest BCUT2D eigenvalue weighted by Gasteiger charge is -2.33. The zero-order chi connectivity index (χ0) is 18.5. The minimum Gasteiger partial charge on any atom is -0.361 e. The predicted octanol–water partition coefficient (Wildman–Crippen LogP) is 2.35. The molecule has 0 saturated carbocycles. The fraction of sp³-hybridized carbons (Fsp3) is 0.556. The van der Waals surface area contributed by atoms with Crippen LogP contribution in [0.1, 0.15) is 46.1 Å². The fourth-order valence-electron chi connectivity index (χ4n) is 3.20. The molecule has 3 rings (SSSR count). The van der Waals surface area contributed by atoms with Crippen molar-refractivity contribution in [1.82, 2.24) is 20.4 Å². The van der Waals surface area contributed by atoms with Crippen LogP contribution in [0.4, 0.5) is 0 Å². The van der Waals surface area contributed by atoms with Crippen molar-refractivity contribution in [3.63, 3.8) is 0 Å². The Morgan fingerprint density at radius 2 is 2.27 bits per heavy atom. The molecule has 3 heterocycles. The molecule has 1 N–H and O–H groups in total. The topological polar surface area (TPSA) is 88.3 Å². The van der Waals surface area contributed by atoms with E-state index in [2.05, 4.69) is 15.5 Å². The number of likely N-dealkylation sites (tertiary alicyclic amines) is 1. The lowest BCUT2D eigenvalue weighted by molar-refractivity contribution is -0.132. The normalized spacial score (nSPS) is 17.3. The van der Waals surface area contributed by atoms with E-state index in [0.717, 1.165) is 31.5 Å². The molecular formula is C18H24N4O3S. The molecule has 2 aromatic heterocycles. The van der Waals surface area contributed by atoms with Gasteiger partial charge in [-0.1, -0.05) is 5.16 Å². The van der Waals surface area contributed by atoms with Crippen LogP contribution in [-0.2, 0) is 11.2 Å². The highest BCUT2D eigenvalue weighted by molar-refractivity contribution is 7.09. The summed E-state index contributed by atoms with van der Waals surface area (Å²) in [6.45, 7) is 5.77. The van der Waals surface area contributed by atoms with Gasteiger partial charge in [0.2, 0.25) is 5.91 Å². The summed E-state index contributed by atoms with van der Waals surface area (Å²) in [5.41, 5.74) is 3.14. The molecule has 0 aromatic carbocycles. The summed E-state index contributed by atoms with van der Waals surface area (Å²) in [6, 6.07) is 1.62. The molecule has 2 amide bonds. The number of carbonyl (C=O) groups excluding carboxylic acids is 2. The molecule has 1 aliphatic heterocycles. The van der Waals surface area contributed by atoms with E-state index in [4.69, 9.17) is 4.52 Å². The molecule has 1 atom stereocenters. The summed E-state index contributed by atoms with van der Waals surface area (Å²) in [5, 5.41) is 6.62. The van der Waals surface area contributed by atoms with Crippen molar-refractivity contribution in [3.8, 4) is 0 Å². The molecule has 0 bridgehead atoms. The quantitative estimate of drug-likeness (QED) is 0.836. The summed E-state index contributed by atoms with van der Waals surface area (Å²) >= 11 is 1.61. The highest BCUT2D eigenvalue weighted by Crippen LogP contribution is 2.19. The number of aryl methyl sites for hydroxylation is 3. The molecule has 1 fully saturated rings. The maximum Gasteiger partial charge on any atom is 0.273 e. The first kappa shape index (κ1) is 18.6. The SMILES string of the molecule is Cc1cc(C(=O)NCC2CCCN(C(=O)CCc3scnc3C)C2)no1. The molecule has 1 unspecified atom stereocenters. The number of nitrogens with zero attached hydrogens (tertiary/aromatic N) is 3. The largest absolute Gasteiger partial charge is 0.361 e. The first-order chi connectivity index (χ1) is 12.5. The number of aromatic nitrogens is 2. The summed E-state index contributed by atoms with van der Waals surface area (Å²) in [7, 11) is 0. The highest BCUT2D eigenvalue weighted by atomic mass is 32.1. The Labute approximate surface area is 156 Å². The second kappa shape index (κ2) is 8.44. The standard InChI is InChI=1S/C18H24N4O3S/c1-12-8-15(21-25-12)18(24)19-9-14-4-3-7-22(10-14)17(23)6-5-16-13(2)20-11-26-16/h8,11,14H,3-7,9-10H2,1-2H3,(H,19,24). The van der Waals surface area contributed by atoms with Crippen LogP contribution in [0.15, 0.2) is 16.1 Å². The summed E-state index contributed by atoms with van der Waals surface area (Å²) < 4.78 is 4.92. The van der Waals surface area contributed by atoms with Gasteiger partial charge in [-0.25, -0.2) is 4.98 Å². The lowest BCUT2D eigenvalue weighted by atomic mass is 9.97. The first-order valence-corrected chi connectivity index (χ1v) is 9.79. The smallest absolute Gasteiger partial charge is 0.273 e. The summed E-state index contributed by atoms with van der Waals surface area (Å²) in [4.78, 5) is 31.9. The molecule has 1 aliphatic rings. The van der Waals surface area contributed by atoms with E-state index in [1.807, 2.05) is 17.3 Å². The van der Waals surface area contributed by atoms with Crippen molar-refractivity contribution in [2.45, 2.75) is 39.5 Å². The van der Waals surface area contributed by atoms with Gasteiger partial charge in [0.1, 0.15) is 5.76 Å². The number of rotatable bonds is 6. The predicted molar refractivity (Wildman–Crippen MR) is 98.0 cm³/mol. The van der Waals surface area contributed by atoms with Gasteiger partial charge >= 0.3 is 0 Å². The zero-order valence-corrected chi connectivity index (χ0v) is 16.0. The molecule has 140 valence electrons. The van der Waals surface area contributed by atoms with Gasteiger partial charge in [-0.05, 0) is 39.0 Å². The van der Waals surface area contributed by atoms with E-state index >= 15 is 0 Å². The van der Waals surface area contributed by atoms with Crippen LogP contribution in [-0.4, -0.2) is 46.5 Å². The van der Waals surface area contributed by atoms with Crippen molar-refractivity contribution in [2.75, 3.05) is 19.6 Å². The van der Waals surface area contributed by atoms with E-state index < -0.39 is 0 Å². The minimum absolute atomic E-state index is 0.181. The monoisotopic (exact) mass is 376 g/mol. The molecule has 0 aliphatic carbocycles. The van der Waals surface area contributed by atoms with Gasteiger partial charge in [0, 0.05) is 37.0 Å². The van der Waals surface area contributed by atoms with Crippen molar-refractivity contribution in [1.29, 1.82) is 0 Å². The Kier molecular flexibility index (Phi) is 6.03. The molecule has 0 spiro atoms. The van der Waals surface area contributed by atoms with E-state index in [0.29, 0.717) is 31.0 Å². The average molecular weight is 376 g/mol. The van der Waals surface area contributed by atoms with Gasteiger partial charge in [0.25, 0.3) is 5.91 Å². The Morgan fingerprint density at radius 1 is 1.42 bits per heavy atom. The van der Waals surface area contributed by atoms with E-state index in [-0.39, 0.29) is 17.7 Å². The van der Waals surface area contributed by atoms with Gasteiger partial charge in [0.15, 0.2) is 5.69 Å². The molecule has 26 heavy (non-hydrogen) atoms. The third kappa shape index (κ3) is 4.69.